The van der Waals surface area contributed by atoms with Crippen LogP contribution in [0.25, 0.3) is 0 Å². The van der Waals surface area contributed by atoms with E-state index in [2.05, 4.69) is 10.4 Å². The molecule has 0 fully saturated rings. The van der Waals surface area contributed by atoms with Gasteiger partial charge in [-0.25, -0.2) is 0 Å². The maximum Gasteiger partial charge on any atom is 0.269 e. The number of nitrogens with two attached hydrogens (primary N) is 1. The fourth-order valence-electron chi connectivity index (χ4n) is 0.995. The number of carbonyl (C=O) groups excluding carboxylic acids is 1. The van der Waals surface area contributed by atoms with Gasteiger partial charge in [-0.1, -0.05) is 0 Å². The Bertz CT molecular complexity index is 324. The van der Waals surface area contributed by atoms with Gasteiger partial charge in [0.1, 0.15) is 5.69 Å². The zero-order valence-electron chi connectivity index (χ0n) is 8.74. The van der Waals surface area contributed by atoms with Crippen LogP contribution in [0.3, 0.4) is 0 Å². The minimum atomic E-state index is -0.395. The standard InChI is InChI=1S/C9H16N4O/c1-9(2,10)6-11-8(14)7-4-5-12-13(7)3/h4-5H,6,10H2,1-3H3,(H,11,14). The smallest absolute Gasteiger partial charge is 0.269 e. The van der Waals surface area contributed by atoms with Crippen molar-refractivity contribution in [2.24, 2.45) is 12.8 Å². The average molecular weight is 196 g/mol. The third kappa shape index (κ3) is 2.85. The topological polar surface area (TPSA) is 72.9 Å². The summed E-state index contributed by atoms with van der Waals surface area (Å²) in [7, 11) is 1.72. The molecule has 0 atom stereocenters. The molecule has 0 aliphatic carbocycles. The minimum Gasteiger partial charge on any atom is -0.349 e. The molecule has 5 heteroatoms. The Morgan fingerprint density at radius 1 is 1.71 bits per heavy atom. The van der Waals surface area contributed by atoms with E-state index in [4.69, 9.17) is 5.73 Å². The van der Waals surface area contributed by atoms with E-state index in [1.165, 1.54) is 4.68 Å². The number of hydrogen-bond acceptors (Lipinski definition) is 3. The molecule has 0 saturated heterocycles. The molecule has 1 rings (SSSR count). The number of rotatable bonds is 3. The van der Waals surface area contributed by atoms with Crippen LogP contribution in [0.1, 0.15) is 24.3 Å². The number of nitrogens with zero attached hydrogens (tertiary/aromatic N) is 2. The summed E-state index contributed by atoms with van der Waals surface area (Å²) < 4.78 is 1.53. The highest BCUT2D eigenvalue weighted by Crippen LogP contribution is 1.98. The SMILES string of the molecule is Cn1nccc1C(=O)NCC(C)(C)N. The van der Waals surface area contributed by atoms with Gasteiger partial charge in [0.15, 0.2) is 0 Å². The van der Waals surface area contributed by atoms with Crippen molar-refractivity contribution < 1.29 is 4.79 Å². The van der Waals surface area contributed by atoms with Gasteiger partial charge in [0.05, 0.1) is 0 Å². The number of hydrogen-bond donors (Lipinski definition) is 2. The molecule has 0 spiro atoms. The van der Waals surface area contributed by atoms with Crippen LogP contribution in [0.5, 0.6) is 0 Å². The van der Waals surface area contributed by atoms with Crippen molar-refractivity contribution in [2.75, 3.05) is 6.54 Å². The van der Waals surface area contributed by atoms with E-state index in [9.17, 15) is 4.79 Å². The van der Waals surface area contributed by atoms with E-state index in [0.29, 0.717) is 12.2 Å². The highest BCUT2D eigenvalue weighted by atomic mass is 16.2. The maximum atomic E-state index is 11.5. The predicted octanol–water partition coefficient (Wildman–Crippen LogP) is -0.113. The van der Waals surface area contributed by atoms with E-state index < -0.39 is 5.54 Å². The number of carbonyl (C=O) groups is 1. The molecule has 0 aliphatic rings. The normalized spacial score (nSPS) is 11.4. The predicted molar refractivity (Wildman–Crippen MR) is 53.8 cm³/mol. The number of nitrogens with one attached hydrogen (secondary N) is 1. The zero-order valence-corrected chi connectivity index (χ0v) is 8.74. The summed E-state index contributed by atoms with van der Waals surface area (Å²) in [6.07, 6.45) is 1.59. The lowest BCUT2D eigenvalue weighted by atomic mass is 10.1. The Balaban J connectivity index is 2.56. The summed E-state index contributed by atoms with van der Waals surface area (Å²) in [4.78, 5) is 11.5. The Morgan fingerprint density at radius 3 is 2.79 bits per heavy atom. The van der Waals surface area contributed by atoms with Crippen LogP contribution in [0, 0.1) is 0 Å². The molecule has 1 aromatic heterocycles. The lowest BCUT2D eigenvalue weighted by Crippen LogP contribution is -2.45. The van der Waals surface area contributed by atoms with Crippen LogP contribution >= 0.6 is 0 Å². The molecular formula is C9H16N4O. The molecule has 78 valence electrons. The molecule has 0 bridgehead atoms. The lowest BCUT2D eigenvalue weighted by Gasteiger charge is -2.18. The number of aromatic nitrogens is 2. The van der Waals surface area contributed by atoms with Crippen molar-refractivity contribution in [3.8, 4) is 0 Å². The summed E-state index contributed by atoms with van der Waals surface area (Å²) >= 11 is 0. The van der Waals surface area contributed by atoms with E-state index in [1.54, 1.807) is 19.3 Å². The number of aryl methyl sites for hydroxylation is 1. The molecular weight excluding hydrogens is 180 g/mol. The van der Waals surface area contributed by atoms with Gasteiger partial charge in [0.2, 0.25) is 0 Å². The third-order valence-corrected chi connectivity index (χ3v) is 1.76. The van der Waals surface area contributed by atoms with Crippen LogP contribution in [0.2, 0.25) is 0 Å². The van der Waals surface area contributed by atoms with Crippen LogP contribution in [0.15, 0.2) is 12.3 Å². The summed E-state index contributed by atoms with van der Waals surface area (Å²) in [6, 6.07) is 1.67. The van der Waals surface area contributed by atoms with Crippen LogP contribution < -0.4 is 11.1 Å². The molecule has 14 heavy (non-hydrogen) atoms. The Morgan fingerprint density at radius 2 is 2.36 bits per heavy atom. The molecule has 0 saturated carbocycles. The lowest BCUT2D eigenvalue weighted by molar-refractivity contribution is 0.0936. The van der Waals surface area contributed by atoms with Crippen molar-refractivity contribution in [3.05, 3.63) is 18.0 Å². The molecule has 0 radical (unpaired) electrons. The Kier molecular flexibility index (Phi) is 2.90. The summed E-state index contributed by atoms with van der Waals surface area (Å²) in [5.74, 6) is -0.150. The largest absolute Gasteiger partial charge is 0.349 e. The third-order valence-electron chi connectivity index (χ3n) is 1.76. The first-order chi connectivity index (χ1) is 6.40. The molecule has 0 unspecified atom stereocenters. The summed E-state index contributed by atoms with van der Waals surface area (Å²) in [5, 5.41) is 6.65. The molecule has 0 aromatic carbocycles. The van der Waals surface area contributed by atoms with Crippen LogP contribution in [0.4, 0.5) is 0 Å². The van der Waals surface area contributed by atoms with Crippen LogP contribution in [-0.4, -0.2) is 27.8 Å². The minimum absolute atomic E-state index is 0.150. The fraction of sp³-hybridized carbons (Fsp3) is 0.556. The highest BCUT2D eigenvalue weighted by Gasteiger charge is 2.14. The van der Waals surface area contributed by atoms with Gasteiger partial charge in [0.25, 0.3) is 5.91 Å². The number of amides is 1. The molecule has 3 N–H and O–H groups in total. The van der Waals surface area contributed by atoms with Gasteiger partial charge in [-0.3, -0.25) is 9.48 Å². The second-order valence-electron chi connectivity index (χ2n) is 4.01. The maximum absolute atomic E-state index is 11.5. The average Bonchev–Trinajstić information content (AvgIpc) is 2.46. The van der Waals surface area contributed by atoms with E-state index in [1.807, 2.05) is 13.8 Å². The summed E-state index contributed by atoms with van der Waals surface area (Å²) in [5.41, 5.74) is 5.88. The molecule has 1 amide bonds. The van der Waals surface area contributed by atoms with E-state index >= 15 is 0 Å². The second kappa shape index (κ2) is 3.79. The second-order valence-corrected chi connectivity index (χ2v) is 4.01. The molecule has 1 aromatic rings. The monoisotopic (exact) mass is 196 g/mol. The van der Waals surface area contributed by atoms with Crippen molar-refractivity contribution in [3.63, 3.8) is 0 Å². The van der Waals surface area contributed by atoms with Crippen molar-refractivity contribution in [1.82, 2.24) is 15.1 Å². The van der Waals surface area contributed by atoms with Gasteiger partial charge < -0.3 is 11.1 Å². The fourth-order valence-corrected chi connectivity index (χ4v) is 0.995. The molecule has 5 nitrogen and oxygen atoms in total. The van der Waals surface area contributed by atoms with Crippen molar-refractivity contribution >= 4 is 5.91 Å². The first-order valence-electron chi connectivity index (χ1n) is 4.45. The highest BCUT2D eigenvalue weighted by molar-refractivity contribution is 5.92. The Hall–Kier alpha value is -1.36. The van der Waals surface area contributed by atoms with Crippen molar-refractivity contribution in [2.45, 2.75) is 19.4 Å². The van der Waals surface area contributed by atoms with Crippen molar-refractivity contribution in [1.29, 1.82) is 0 Å². The van der Waals surface area contributed by atoms with Gasteiger partial charge in [-0.05, 0) is 19.9 Å². The zero-order chi connectivity index (χ0) is 10.8. The first-order valence-corrected chi connectivity index (χ1v) is 4.45. The van der Waals surface area contributed by atoms with E-state index in [0.717, 1.165) is 0 Å². The van der Waals surface area contributed by atoms with Gasteiger partial charge in [0, 0.05) is 25.3 Å². The Labute approximate surface area is 83.3 Å². The van der Waals surface area contributed by atoms with Crippen LogP contribution in [-0.2, 0) is 7.05 Å². The van der Waals surface area contributed by atoms with E-state index in [-0.39, 0.29) is 5.91 Å². The molecule has 1 heterocycles. The summed E-state index contributed by atoms with van der Waals surface area (Å²) in [6.45, 7) is 4.16. The molecule has 0 aliphatic heterocycles. The quantitative estimate of drug-likeness (QED) is 0.708. The van der Waals surface area contributed by atoms with Gasteiger partial charge in [-0.2, -0.15) is 5.10 Å². The van der Waals surface area contributed by atoms with Gasteiger partial charge in [-0.15, -0.1) is 0 Å². The van der Waals surface area contributed by atoms with Gasteiger partial charge >= 0.3 is 0 Å². The first kappa shape index (κ1) is 10.7.